The lowest BCUT2D eigenvalue weighted by Gasteiger charge is -2.23. The van der Waals surface area contributed by atoms with Gasteiger partial charge in [-0.1, -0.05) is 24.3 Å². The van der Waals surface area contributed by atoms with Crippen molar-refractivity contribution in [2.45, 2.75) is 20.3 Å². The second-order valence-electron chi connectivity index (χ2n) is 6.52. The van der Waals surface area contributed by atoms with Gasteiger partial charge < -0.3 is 33.6 Å². The summed E-state index contributed by atoms with van der Waals surface area (Å²) in [5, 5.41) is 1.26. The molecule has 1 aliphatic rings. The Balaban J connectivity index is 0.00000182. The van der Waals surface area contributed by atoms with Crippen molar-refractivity contribution in [1.82, 2.24) is 0 Å². The molecule has 0 atom stereocenters. The molecule has 3 nitrogen and oxygen atoms in total. The van der Waals surface area contributed by atoms with Gasteiger partial charge in [0.25, 0.3) is 5.52 Å². The van der Waals surface area contributed by atoms with Crippen molar-refractivity contribution < 1.29 is 33.3 Å². The summed E-state index contributed by atoms with van der Waals surface area (Å²) in [6.45, 7) is 5.43. The van der Waals surface area contributed by atoms with Crippen LogP contribution in [0.4, 0.5) is 11.4 Å². The minimum absolute atomic E-state index is 0. The summed E-state index contributed by atoms with van der Waals surface area (Å²) in [5.74, 6) is 0.928. The highest BCUT2D eigenvalue weighted by atomic mass is 127. The molecule has 3 aromatic rings. The Kier molecular flexibility index (Phi) is 4.91. The van der Waals surface area contributed by atoms with Gasteiger partial charge in [-0.3, -0.25) is 0 Å². The molecule has 1 aromatic heterocycles. The molecule has 4 rings (SSSR count). The summed E-state index contributed by atoms with van der Waals surface area (Å²) >= 11 is 0. The van der Waals surface area contributed by atoms with E-state index in [1.165, 1.54) is 33.6 Å². The van der Waals surface area contributed by atoms with Crippen molar-refractivity contribution >= 4 is 22.3 Å². The van der Waals surface area contributed by atoms with Crippen LogP contribution >= 0.6 is 0 Å². The van der Waals surface area contributed by atoms with Gasteiger partial charge in [-0.25, -0.2) is 0 Å². The first-order valence-electron chi connectivity index (χ1n) is 8.45. The molecule has 2 aromatic carbocycles. The van der Waals surface area contributed by atoms with Crippen molar-refractivity contribution in [2.24, 2.45) is 7.05 Å². The molecular weight excluding hydrogens is 423 g/mol. The predicted molar refractivity (Wildman–Crippen MR) is 98.3 cm³/mol. The van der Waals surface area contributed by atoms with E-state index in [1.807, 2.05) is 6.07 Å². The molecule has 0 radical (unpaired) electrons. The summed E-state index contributed by atoms with van der Waals surface area (Å²) in [5.41, 5.74) is 7.88. The number of fused-ring (bicyclic) bond motifs is 3. The van der Waals surface area contributed by atoms with E-state index in [2.05, 4.69) is 66.8 Å². The van der Waals surface area contributed by atoms with Crippen LogP contribution in [0, 0.1) is 13.8 Å². The van der Waals surface area contributed by atoms with Crippen LogP contribution in [-0.4, -0.2) is 13.7 Å². The monoisotopic (exact) mass is 446 g/mol. The minimum atomic E-state index is 0. The van der Waals surface area contributed by atoms with Gasteiger partial charge >= 0.3 is 0 Å². The van der Waals surface area contributed by atoms with E-state index in [0.29, 0.717) is 0 Å². The topological polar surface area (TPSA) is 16.4 Å². The fourth-order valence-corrected chi connectivity index (χ4v) is 3.98. The molecule has 0 aliphatic carbocycles. The van der Waals surface area contributed by atoms with Crippen LogP contribution in [0.25, 0.3) is 10.9 Å². The number of aryl methyl sites for hydroxylation is 2. The van der Waals surface area contributed by atoms with Crippen molar-refractivity contribution in [3.63, 3.8) is 0 Å². The molecule has 0 amide bonds. The number of aromatic nitrogens is 1. The van der Waals surface area contributed by atoms with E-state index in [0.717, 1.165) is 24.2 Å². The number of hydrogen-bond acceptors (Lipinski definition) is 2. The van der Waals surface area contributed by atoms with E-state index < -0.39 is 0 Å². The second-order valence-corrected chi connectivity index (χ2v) is 6.52. The first kappa shape index (κ1) is 18.0. The molecule has 25 heavy (non-hydrogen) atoms. The summed E-state index contributed by atoms with van der Waals surface area (Å²) in [7, 11) is 3.88. The van der Waals surface area contributed by atoms with Gasteiger partial charge in [-0.15, -0.1) is 0 Å². The number of pyridine rings is 1. The van der Waals surface area contributed by atoms with Crippen molar-refractivity contribution in [3.05, 3.63) is 59.3 Å². The maximum atomic E-state index is 5.65. The fraction of sp³-hybridized carbons (Fsp3) is 0.286. The van der Waals surface area contributed by atoms with Crippen LogP contribution in [0.3, 0.4) is 0 Å². The molecule has 1 aliphatic heterocycles. The smallest absolute Gasteiger partial charge is 0.256 e. The molecular formula is C21H23IN2O. The van der Waals surface area contributed by atoms with Crippen LogP contribution in [0.15, 0.2) is 42.5 Å². The minimum Gasteiger partial charge on any atom is -1.00 e. The lowest BCUT2D eigenvalue weighted by molar-refractivity contribution is -0.651. The summed E-state index contributed by atoms with van der Waals surface area (Å²) in [6, 6.07) is 15.0. The van der Waals surface area contributed by atoms with Gasteiger partial charge in [0.05, 0.1) is 18.2 Å². The Morgan fingerprint density at radius 1 is 1.04 bits per heavy atom. The predicted octanol–water partition coefficient (Wildman–Crippen LogP) is 0.988. The zero-order valence-electron chi connectivity index (χ0n) is 15.1. The molecule has 2 heterocycles. The molecule has 0 bridgehead atoms. The molecule has 0 N–H and O–H groups in total. The summed E-state index contributed by atoms with van der Waals surface area (Å²) in [6.07, 6.45) is 1.08. The highest BCUT2D eigenvalue weighted by Crippen LogP contribution is 2.42. The zero-order valence-corrected chi connectivity index (χ0v) is 17.3. The number of benzene rings is 2. The van der Waals surface area contributed by atoms with E-state index in [1.54, 1.807) is 7.11 Å². The molecule has 0 unspecified atom stereocenters. The number of methoxy groups -OCH3 is 1. The number of halogens is 1. The largest absolute Gasteiger partial charge is 1.00 e. The van der Waals surface area contributed by atoms with Gasteiger partial charge in [-0.05, 0) is 37.1 Å². The SMILES string of the molecule is COc1cccc2c3c(c(C)[n+](C)c12)CCN3c1ccccc1C.[I-]. The Morgan fingerprint density at radius 2 is 1.80 bits per heavy atom. The Labute approximate surface area is 166 Å². The molecule has 0 saturated carbocycles. The van der Waals surface area contributed by atoms with E-state index >= 15 is 0 Å². The van der Waals surface area contributed by atoms with Crippen molar-refractivity contribution in [3.8, 4) is 5.75 Å². The van der Waals surface area contributed by atoms with E-state index in [9.17, 15) is 0 Å². The number of para-hydroxylation sites is 2. The molecule has 0 fully saturated rings. The first-order chi connectivity index (χ1) is 11.6. The number of anilines is 2. The maximum absolute atomic E-state index is 5.65. The fourth-order valence-electron chi connectivity index (χ4n) is 3.98. The molecule has 0 saturated heterocycles. The third-order valence-corrected chi connectivity index (χ3v) is 5.30. The van der Waals surface area contributed by atoms with Gasteiger partial charge in [0.2, 0.25) is 0 Å². The maximum Gasteiger partial charge on any atom is 0.256 e. The number of hydrogen-bond donors (Lipinski definition) is 0. The quantitative estimate of drug-likeness (QED) is 0.432. The lowest BCUT2D eigenvalue weighted by Crippen LogP contribution is -3.00. The van der Waals surface area contributed by atoms with E-state index in [-0.39, 0.29) is 24.0 Å². The summed E-state index contributed by atoms with van der Waals surface area (Å²) in [4.78, 5) is 2.47. The first-order valence-corrected chi connectivity index (χ1v) is 8.45. The van der Waals surface area contributed by atoms with Crippen LogP contribution in [-0.2, 0) is 13.5 Å². The van der Waals surface area contributed by atoms with Crippen molar-refractivity contribution in [1.29, 1.82) is 0 Å². The number of rotatable bonds is 2. The highest BCUT2D eigenvalue weighted by molar-refractivity contribution is 5.98. The molecule has 0 spiro atoms. The van der Waals surface area contributed by atoms with Crippen LogP contribution < -0.4 is 38.2 Å². The van der Waals surface area contributed by atoms with Gasteiger partial charge in [0.1, 0.15) is 7.05 Å². The van der Waals surface area contributed by atoms with Crippen LogP contribution in [0.5, 0.6) is 5.75 Å². The highest BCUT2D eigenvalue weighted by Gasteiger charge is 2.32. The average molecular weight is 446 g/mol. The summed E-state index contributed by atoms with van der Waals surface area (Å²) < 4.78 is 7.92. The number of ether oxygens (including phenoxy) is 1. The normalized spacial score (nSPS) is 12.9. The Bertz CT molecular complexity index is 952. The molecule has 4 heteroatoms. The Hall–Kier alpha value is -1.82. The van der Waals surface area contributed by atoms with Crippen LogP contribution in [0.1, 0.15) is 16.8 Å². The van der Waals surface area contributed by atoms with Crippen molar-refractivity contribution in [2.75, 3.05) is 18.6 Å². The third kappa shape index (κ3) is 2.67. The average Bonchev–Trinajstić information content (AvgIpc) is 3.04. The Morgan fingerprint density at radius 3 is 2.52 bits per heavy atom. The standard InChI is InChI=1S/C21H23N2O.HI/c1-14-8-5-6-10-18(14)23-13-12-16-15(2)22(3)21-17(20(16)23)9-7-11-19(21)24-4;/h5-11H,12-13H2,1-4H3;1H/q+1;/p-1. The van der Waals surface area contributed by atoms with Gasteiger partial charge in [0.15, 0.2) is 11.4 Å². The van der Waals surface area contributed by atoms with Gasteiger partial charge in [-0.2, -0.15) is 4.57 Å². The second kappa shape index (κ2) is 6.83. The third-order valence-electron chi connectivity index (χ3n) is 5.30. The van der Waals surface area contributed by atoms with Gasteiger partial charge in [0, 0.05) is 24.7 Å². The van der Waals surface area contributed by atoms with E-state index in [4.69, 9.17) is 4.74 Å². The zero-order chi connectivity index (χ0) is 16.8. The molecule has 130 valence electrons. The van der Waals surface area contributed by atoms with Crippen LogP contribution in [0.2, 0.25) is 0 Å². The lowest BCUT2D eigenvalue weighted by atomic mass is 10.0. The number of nitrogens with zero attached hydrogens (tertiary/aromatic N) is 2.